The summed E-state index contributed by atoms with van der Waals surface area (Å²) < 4.78 is 0. The van der Waals surface area contributed by atoms with E-state index in [0.717, 1.165) is 18.6 Å². The smallest absolute Gasteiger partial charge is 0.0258 e. The standard InChI is InChI=1S/C9H17N/c1-5-9(6-2)7-10-8(3)4/h7H,5-6H2,1-4H3. The van der Waals surface area contributed by atoms with Crippen LogP contribution in [-0.2, 0) is 0 Å². The van der Waals surface area contributed by atoms with Crippen LogP contribution in [0.2, 0.25) is 0 Å². The Balaban J connectivity index is 3.99. The van der Waals surface area contributed by atoms with Gasteiger partial charge in [-0.25, -0.2) is 0 Å². The number of hydrogen-bond acceptors (Lipinski definition) is 1. The van der Waals surface area contributed by atoms with Crippen LogP contribution in [0.1, 0.15) is 40.5 Å². The van der Waals surface area contributed by atoms with Gasteiger partial charge in [0.2, 0.25) is 0 Å². The van der Waals surface area contributed by atoms with Gasteiger partial charge in [0, 0.05) is 11.9 Å². The number of aliphatic imine (C=N–C) groups is 1. The van der Waals surface area contributed by atoms with Crippen LogP contribution in [0, 0.1) is 0 Å². The van der Waals surface area contributed by atoms with Crippen molar-refractivity contribution >= 4 is 5.71 Å². The van der Waals surface area contributed by atoms with Gasteiger partial charge in [-0.15, -0.1) is 0 Å². The summed E-state index contributed by atoms with van der Waals surface area (Å²) in [7, 11) is 0. The highest BCUT2D eigenvalue weighted by molar-refractivity contribution is 5.79. The Labute approximate surface area is 63.9 Å². The van der Waals surface area contributed by atoms with Crippen molar-refractivity contribution in [2.75, 3.05) is 0 Å². The first kappa shape index (κ1) is 9.41. The van der Waals surface area contributed by atoms with Crippen molar-refractivity contribution in [1.82, 2.24) is 0 Å². The lowest BCUT2D eigenvalue weighted by Gasteiger charge is -1.95. The van der Waals surface area contributed by atoms with E-state index in [0.29, 0.717) is 0 Å². The molecule has 0 amide bonds. The summed E-state index contributed by atoms with van der Waals surface area (Å²) in [6.07, 6.45) is 4.22. The van der Waals surface area contributed by atoms with Crippen LogP contribution in [0.5, 0.6) is 0 Å². The Morgan fingerprint density at radius 3 is 2.00 bits per heavy atom. The maximum absolute atomic E-state index is 4.22. The first-order valence-electron chi connectivity index (χ1n) is 3.89. The predicted octanol–water partition coefficient (Wildman–Crippen LogP) is 3.17. The van der Waals surface area contributed by atoms with E-state index in [2.05, 4.69) is 18.8 Å². The van der Waals surface area contributed by atoms with Crippen molar-refractivity contribution in [2.45, 2.75) is 40.5 Å². The van der Waals surface area contributed by atoms with Crippen molar-refractivity contribution < 1.29 is 0 Å². The monoisotopic (exact) mass is 139 g/mol. The maximum atomic E-state index is 4.22. The topological polar surface area (TPSA) is 12.4 Å². The van der Waals surface area contributed by atoms with E-state index in [1.54, 1.807) is 0 Å². The summed E-state index contributed by atoms with van der Waals surface area (Å²) in [5.74, 6) is 0. The third-order valence-electron chi connectivity index (χ3n) is 1.41. The average Bonchev–Trinajstić information content (AvgIpc) is 1.90. The summed E-state index contributed by atoms with van der Waals surface area (Å²) in [6, 6.07) is 0. The lowest BCUT2D eigenvalue weighted by Crippen LogP contribution is -1.80. The van der Waals surface area contributed by atoms with E-state index in [1.165, 1.54) is 5.57 Å². The van der Waals surface area contributed by atoms with Crippen molar-refractivity contribution in [3.05, 3.63) is 11.8 Å². The van der Waals surface area contributed by atoms with Crippen LogP contribution in [0.15, 0.2) is 16.8 Å². The molecule has 0 heterocycles. The quantitative estimate of drug-likeness (QED) is 0.532. The molecule has 0 aliphatic rings. The van der Waals surface area contributed by atoms with E-state index in [1.807, 2.05) is 20.0 Å². The van der Waals surface area contributed by atoms with Crippen molar-refractivity contribution in [1.29, 1.82) is 0 Å². The minimum atomic E-state index is 1.12. The maximum Gasteiger partial charge on any atom is 0.0258 e. The predicted molar refractivity (Wildman–Crippen MR) is 47.4 cm³/mol. The van der Waals surface area contributed by atoms with E-state index < -0.39 is 0 Å². The molecular weight excluding hydrogens is 122 g/mol. The lowest BCUT2D eigenvalue weighted by atomic mass is 10.2. The zero-order valence-corrected chi connectivity index (χ0v) is 7.44. The van der Waals surface area contributed by atoms with Gasteiger partial charge in [0.1, 0.15) is 0 Å². The fourth-order valence-electron chi connectivity index (χ4n) is 0.653. The van der Waals surface area contributed by atoms with E-state index in [9.17, 15) is 0 Å². The molecule has 0 aromatic heterocycles. The van der Waals surface area contributed by atoms with Crippen molar-refractivity contribution in [3.8, 4) is 0 Å². The molecule has 0 spiro atoms. The van der Waals surface area contributed by atoms with Gasteiger partial charge in [-0.05, 0) is 26.7 Å². The first-order chi connectivity index (χ1) is 4.70. The summed E-state index contributed by atoms with van der Waals surface area (Å²) in [5.41, 5.74) is 2.54. The van der Waals surface area contributed by atoms with Gasteiger partial charge in [0.15, 0.2) is 0 Å². The van der Waals surface area contributed by atoms with E-state index in [-0.39, 0.29) is 0 Å². The molecule has 0 N–H and O–H groups in total. The minimum Gasteiger partial charge on any atom is -0.266 e. The summed E-state index contributed by atoms with van der Waals surface area (Å²) in [4.78, 5) is 4.22. The number of rotatable bonds is 3. The fourth-order valence-corrected chi connectivity index (χ4v) is 0.653. The van der Waals surface area contributed by atoms with Crippen molar-refractivity contribution in [2.24, 2.45) is 4.99 Å². The molecule has 0 fully saturated rings. The molecule has 10 heavy (non-hydrogen) atoms. The number of nitrogens with zero attached hydrogens (tertiary/aromatic N) is 1. The number of allylic oxidation sites excluding steroid dienone is 1. The molecule has 0 saturated carbocycles. The minimum absolute atomic E-state index is 1.12. The molecule has 0 saturated heterocycles. The van der Waals surface area contributed by atoms with Gasteiger partial charge in [0.05, 0.1) is 0 Å². The third kappa shape index (κ3) is 4.30. The number of hydrogen-bond donors (Lipinski definition) is 0. The fraction of sp³-hybridized carbons (Fsp3) is 0.667. The van der Waals surface area contributed by atoms with Gasteiger partial charge >= 0.3 is 0 Å². The van der Waals surface area contributed by atoms with Crippen molar-refractivity contribution in [3.63, 3.8) is 0 Å². The van der Waals surface area contributed by atoms with Gasteiger partial charge in [-0.3, -0.25) is 4.99 Å². The Morgan fingerprint density at radius 1 is 1.20 bits per heavy atom. The molecule has 0 bridgehead atoms. The molecule has 0 radical (unpaired) electrons. The lowest BCUT2D eigenvalue weighted by molar-refractivity contribution is 0.968. The molecule has 0 aliphatic heterocycles. The third-order valence-corrected chi connectivity index (χ3v) is 1.41. The molecular formula is C9H17N. The highest BCUT2D eigenvalue weighted by Crippen LogP contribution is 2.04. The van der Waals surface area contributed by atoms with Crippen LogP contribution in [0.3, 0.4) is 0 Å². The van der Waals surface area contributed by atoms with Crippen LogP contribution in [0.25, 0.3) is 0 Å². The molecule has 58 valence electrons. The summed E-state index contributed by atoms with van der Waals surface area (Å²) in [5, 5.41) is 0. The SMILES string of the molecule is CCC(=CN=C(C)C)CC. The molecule has 0 unspecified atom stereocenters. The largest absolute Gasteiger partial charge is 0.266 e. The van der Waals surface area contributed by atoms with Gasteiger partial charge in [-0.1, -0.05) is 19.4 Å². The van der Waals surface area contributed by atoms with Gasteiger partial charge in [0.25, 0.3) is 0 Å². The van der Waals surface area contributed by atoms with Crippen LogP contribution in [-0.4, -0.2) is 5.71 Å². The van der Waals surface area contributed by atoms with E-state index >= 15 is 0 Å². The molecule has 0 atom stereocenters. The Morgan fingerprint density at radius 2 is 1.70 bits per heavy atom. The second kappa shape index (κ2) is 5.21. The zero-order valence-electron chi connectivity index (χ0n) is 7.44. The second-order valence-corrected chi connectivity index (χ2v) is 2.57. The highest BCUT2D eigenvalue weighted by atomic mass is 14.7. The molecule has 0 rings (SSSR count). The van der Waals surface area contributed by atoms with Crippen LogP contribution < -0.4 is 0 Å². The summed E-state index contributed by atoms with van der Waals surface area (Å²) in [6.45, 7) is 8.35. The molecule has 0 aromatic rings. The molecule has 0 aromatic carbocycles. The molecule has 0 aliphatic carbocycles. The highest BCUT2D eigenvalue weighted by Gasteiger charge is 1.86. The normalized spacial score (nSPS) is 8.80. The van der Waals surface area contributed by atoms with E-state index in [4.69, 9.17) is 0 Å². The Kier molecular flexibility index (Phi) is 4.91. The first-order valence-corrected chi connectivity index (χ1v) is 3.89. The Hall–Kier alpha value is -0.590. The average molecular weight is 139 g/mol. The van der Waals surface area contributed by atoms with Gasteiger partial charge in [-0.2, -0.15) is 0 Å². The Bertz CT molecular complexity index is 133. The molecule has 1 heteroatoms. The second-order valence-electron chi connectivity index (χ2n) is 2.57. The summed E-state index contributed by atoms with van der Waals surface area (Å²) >= 11 is 0. The van der Waals surface area contributed by atoms with Gasteiger partial charge < -0.3 is 0 Å². The van der Waals surface area contributed by atoms with Crippen LogP contribution in [0.4, 0.5) is 0 Å². The van der Waals surface area contributed by atoms with Crippen LogP contribution >= 0.6 is 0 Å². The zero-order chi connectivity index (χ0) is 7.98. The molecule has 1 nitrogen and oxygen atoms in total.